The molecular weight excluding hydrogens is 336 g/mol. The topological polar surface area (TPSA) is 35.5 Å². The van der Waals surface area contributed by atoms with Crippen molar-refractivity contribution in [3.8, 4) is 11.5 Å². The highest BCUT2D eigenvalue weighted by atomic mass is 16.5. The zero-order chi connectivity index (χ0) is 18.5. The molecule has 3 nitrogen and oxygen atoms in total. The summed E-state index contributed by atoms with van der Waals surface area (Å²) in [6.45, 7) is 0.439. The Hall–Kier alpha value is -3.59. The van der Waals surface area contributed by atoms with Crippen LogP contribution in [0.5, 0.6) is 11.5 Å². The molecule has 0 aromatic heterocycles. The highest BCUT2D eigenvalue weighted by Gasteiger charge is 2.27. The second-order valence-corrected chi connectivity index (χ2v) is 6.13. The summed E-state index contributed by atoms with van der Waals surface area (Å²) in [6.07, 6.45) is 5.72. The van der Waals surface area contributed by atoms with Gasteiger partial charge in [-0.05, 0) is 35.4 Å². The zero-order valence-electron chi connectivity index (χ0n) is 14.7. The Morgan fingerprint density at radius 2 is 1.56 bits per heavy atom. The van der Waals surface area contributed by atoms with Crippen LogP contribution in [0.1, 0.15) is 21.5 Å². The van der Waals surface area contributed by atoms with E-state index in [-0.39, 0.29) is 5.78 Å². The minimum Gasteiger partial charge on any atom is -0.489 e. The molecule has 0 saturated carbocycles. The van der Waals surface area contributed by atoms with Gasteiger partial charge >= 0.3 is 0 Å². The Kier molecular flexibility index (Phi) is 4.84. The summed E-state index contributed by atoms with van der Waals surface area (Å²) in [5.74, 6) is 1.42. The molecule has 0 radical (unpaired) electrons. The highest BCUT2D eigenvalue weighted by molar-refractivity contribution is 6.14. The van der Waals surface area contributed by atoms with Gasteiger partial charge in [-0.25, -0.2) is 0 Å². The molecule has 3 heteroatoms. The van der Waals surface area contributed by atoms with E-state index in [9.17, 15) is 4.79 Å². The van der Waals surface area contributed by atoms with Crippen LogP contribution in [0.4, 0.5) is 0 Å². The lowest BCUT2D eigenvalue weighted by Gasteiger charge is -2.04. The van der Waals surface area contributed by atoms with Gasteiger partial charge in [-0.15, -0.1) is 0 Å². The predicted molar refractivity (Wildman–Crippen MR) is 107 cm³/mol. The molecule has 0 spiro atoms. The summed E-state index contributed by atoms with van der Waals surface area (Å²) in [5, 5.41) is 0. The maximum absolute atomic E-state index is 12.5. The molecule has 27 heavy (non-hydrogen) atoms. The minimum absolute atomic E-state index is 0.107. The predicted octanol–water partition coefficient (Wildman–Crippen LogP) is 5.40. The quantitative estimate of drug-likeness (QED) is 0.576. The number of rotatable bonds is 5. The molecule has 132 valence electrons. The molecule has 0 amide bonds. The first-order valence-corrected chi connectivity index (χ1v) is 8.77. The highest BCUT2D eigenvalue weighted by Crippen LogP contribution is 2.34. The molecule has 3 aromatic rings. The van der Waals surface area contributed by atoms with E-state index in [4.69, 9.17) is 9.47 Å². The monoisotopic (exact) mass is 354 g/mol. The average molecular weight is 354 g/mol. The summed E-state index contributed by atoms with van der Waals surface area (Å²) in [5.41, 5.74) is 2.61. The maximum Gasteiger partial charge on any atom is 0.231 e. The number of Topliss-reactive ketones (excluding diaryl/α,β-unsaturated/α-hetero) is 1. The van der Waals surface area contributed by atoms with Crippen molar-refractivity contribution in [3.05, 3.63) is 107 Å². The lowest BCUT2D eigenvalue weighted by molar-refractivity contribution is 0.101. The van der Waals surface area contributed by atoms with Crippen molar-refractivity contribution in [2.24, 2.45) is 0 Å². The van der Waals surface area contributed by atoms with Crippen LogP contribution in [-0.4, -0.2) is 12.4 Å². The van der Waals surface area contributed by atoms with Gasteiger partial charge in [-0.2, -0.15) is 0 Å². The van der Waals surface area contributed by atoms with Crippen molar-refractivity contribution in [1.82, 2.24) is 0 Å². The van der Waals surface area contributed by atoms with E-state index in [0.717, 1.165) is 11.1 Å². The number of ether oxygens (including phenoxy) is 2. The summed E-state index contributed by atoms with van der Waals surface area (Å²) < 4.78 is 11.5. The van der Waals surface area contributed by atoms with Crippen molar-refractivity contribution in [1.29, 1.82) is 0 Å². The van der Waals surface area contributed by atoms with Crippen LogP contribution in [0.25, 0.3) is 12.2 Å². The van der Waals surface area contributed by atoms with E-state index in [0.29, 0.717) is 29.4 Å². The second kappa shape index (κ2) is 7.75. The smallest absolute Gasteiger partial charge is 0.231 e. The molecule has 0 fully saturated rings. The van der Waals surface area contributed by atoms with Gasteiger partial charge in [-0.1, -0.05) is 66.7 Å². The van der Waals surface area contributed by atoms with Gasteiger partial charge in [0.15, 0.2) is 5.76 Å². The molecule has 1 heterocycles. The van der Waals surface area contributed by atoms with Crippen LogP contribution in [0.15, 0.2) is 90.7 Å². The molecular formula is C24H18O3. The number of hydrogen-bond acceptors (Lipinski definition) is 3. The average Bonchev–Trinajstić information content (AvgIpc) is 3.02. The lowest BCUT2D eigenvalue weighted by Crippen LogP contribution is -1.97. The summed E-state index contributed by atoms with van der Waals surface area (Å²) >= 11 is 0. The Balaban J connectivity index is 1.43. The number of fused-ring (bicyclic) bond motifs is 1. The third-order valence-corrected chi connectivity index (χ3v) is 4.19. The van der Waals surface area contributed by atoms with E-state index in [1.165, 1.54) is 0 Å². The van der Waals surface area contributed by atoms with Gasteiger partial charge in [0.2, 0.25) is 5.78 Å². The van der Waals surface area contributed by atoms with Crippen molar-refractivity contribution in [3.63, 3.8) is 0 Å². The first-order valence-electron chi connectivity index (χ1n) is 8.77. The van der Waals surface area contributed by atoms with Crippen LogP contribution in [0.3, 0.4) is 0 Å². The van der Waals surface area contributed by atoms with E-state index in [1.54, 1.807) is 24.3 Å². The third kappa shape index (κ3) is 3.98. The van der Waals surface area contributed by atoms with Gasteiger partial charge < -0.3 is 9.47 Å². The van der Waals surface area contributed by atoms with Crippen molar-refractivity contribution >= 4 is 17.9 Å². The fourth-order valence-corrected chi connectivity index (χ4v) is 2.85. The van der Waals surface area contributed by atoms with Crippen LogP contribution >= 0.6 is 0 Å². The van der Waals surface area contributed by atoms with Crippen molar-refractivity contribution in [2.75, 3.05) is 6.61 Å². The number of hydrogen-bond donors (Lipinski definition) is 0. The molecule has 1 aliphatic heterocycles. The van der Waals surface area contributed by atoms with Crippen LogP contribution in [0.2, 0.25) is 0 Å². The zero-order valence-corrected chi connectivity index (χ0v) is 14.7. The van der Waals surface area contributed by atoms with Gasteiger partial charge in [0.1, 0.15) is 18.1 Å². The van der Waals surface area contributed by atoms with Gasteiger partial charge in [0.05, 0.1) is 5.56 Å². The van der Waals surface area contributed by atoms with E-state index >= 15 is 0 Å². The molecule has 1 aliphatic rings. The Morgan fingerprint density at radius 3 is 2.30 bits per heavy atom. The van der Waals surface area contributed by atoms with Gasteiger partial charge in [-0.3, -0.25) is 4.79 Å². The molecule has 0 atom stereocenters. The largest absolute Gasteiger partial charge is 0.489 e. The van der Waals surface area contributed by atoms with E-state index in [1.807, 2.05) is 72.8 Å². The third-order valence-electron chi connectivity index (χ3n) is 4.19. The number of carbonyl (C=O) groups excluding carboxylic acids is 1. The standard InChI is InChI=1S/C24H18O3/c25-24-21-14-13-20(26-15-7-12-18-8-3-1-4-9-18)17-22(21)27-23(24)16-19-10-5-2-6-11-19/h1-14,16-17H,15H2. The normalized spacial score (nSPS) is 14.4. The molecule has 4 rings (SSSR count). The number of allylic oxidation sites excluding steroid dienone is 1. The fraction of sp³-hybridized carbons (Fsp3) is 0.0417. The SMILES string of the molecule is O=C1C(=Cc2ccccc2)Oc2cc(OCC=Cc3ccccc3)ccc21. The maximum atomic E-state index is 12.5. The van der Waals surface area contributed by atoms with Crippen LogP contribution < -0.4 is 9.47 Å². The van der Waals surface area contributed by atoms with Gasteiger partial charge in [0.25, 0.3) is 0 Å². The molecule has 0 N–H and O–H groups in total. The molecule has 0 saturated heterocycles. The molecule has 3 aromatic carbocycles. The van der Waals surface area contributed by atoms with Crippen molar-refractivity contribution in [2.45, 2.75) is 0 Å². The summed E-state index contributed by atoms with van der Waals surface area (Å²) in [7, 11) is 0. The molecule has 0 aliphatic carbocycles. The Morgan fingerprint density at radius 1 is 0.852 bits per heavy atom. The first-order chi connectivity index (χ1) is 13.3. The Bertz CT molecular complexity index is 1000. The Labute approximate surface area is 158 Å². The van der Waals surface area contributed by atoms with E-state index < -0.39 is 0 Å². The van der Waals surface area contributed by atoms with Crippen LogP contribution in [0, 0.1) is 0 Å². The summed E-state index contributed by atoms with van der Waals surface area (Å²) in [4.78, 5) is 12.5. The van der Waals surface area contributed by atoms with E-state index in [2.05, 4.69) is 0 Å². The lowest BCUT2D eigenvalue weighted by atomic mass is 10.1. The molecule has 0 unspecified atom stereocenters. The van der Waals surface area contributed by atoms with Crippen LogP contribution in [-0.2, 0) is 0 Å². The first kappa shape index (κ1) is 16.9. The summed E-state index contributed by atoms with van der Waals surface area (Å²) in [6, 6.07) is 25.0. The molecule has 0 bridgehead atoms. The minimum atomic E-state index is -0.107. The number of carbonyl (C=O) groups is 1. The van der Waals surface area contributed by atoms with Crippen molar-refractivity contribution < 1.29 is 14.3 Å². The van der Waals surface area contributed by atoms with Gasteiger partial charge in [0, 0.05) is 6.07 Å². The number of benzene rings is 3. The second-order valence-electron chi connectivity index (χ2n) is 6.13. The fourth-order valence-electron chi connectivity index (χ4n) is 2.85. The number of ketones is 1.